The van der Waals surface area contributed by atoms with Crippen LogP contribution in [-0.2, 0) is 0 Å². The Morgan fingerprint density at radius 2 is 1.67 bits per heavy atom. The Balaban J connectivity index is 3.48. The molecule has 0 bridgehead atoms. The van der Waals surface area contributed by atoms with Crippen molar-refractivity contribution in [2.24, 2.45) is 0 Å². The lowest BCUT2D eigenvalue weighted by molar-refractivity contribution is 1.22. The van der Waals surface area contributed by atoms with Crippen LogP contribution in [0.25, 0.3) is 0 Å². The van der Waals surface area contributed by atoms with Gasteiger partial charge in [0.25, 0.3) is 0 Å². The lowest BCUT2D eigenvalue weighted by Gasteiger charge is -1.77. The second kappa shape index (κ2) is 10.0. The molecule has 0 radical (unpaired) electrons. The van der Waals surface area contributed by atoms with Gasteiger partial charge in [-0.2, -0.15) is 0 Å². The highest BCUT2D eigenvalue weighted by Crippen LogP contribution is 1.87. The summed E-state index contributed by atoms with van der Waals surface area (Å²) in [6.45, 7) is 4.24. The molecule has 0 unspecified atom stereocenters. The fraction of sp³-hybridized carbons (Fsp3) is 0.417. The van der Waals surface area contributed by atoms with Gasteiger partial charge in [0, 0.05) is 0 Å². The molecule has 0 aliphatic heterocycles. The maximum absolute atomic E-state index is 3.10. The Labute approximate surface area is 76.0 Å². The maximum Gasteiger partial charge on any atom is -0.00899 e. The van der Waals surface area contributed by atoms with Gasteiger partial charge in [-0.1, -0.05) is 38.2 Å². The average molecular weight is 162 g/mol. The van der Waals surface area contributed by atoms with Gasteiger partial charge in [0.1, 0.15) is 0 Å². The molecule has 0 saturated carbocycles. The van der Waals surface area contributed by atoms with Crippen molar-refractivity contribution < 1.29 is 0 Å². The third kappa shape index (κ3) is 9.00. The third-order valence-electron chi connectivity index (χ3n) is 1.31. The summed E-state index contributed by atoms with van der Waals surface area (Å²) in [5.41, 5.74) is 3.10. The van der Waals surface area contributed by atoms with Gasteiger partial charge in [0.15, 0.2) is 0 Å². The van der Waals surface area contributed by atoms with E-state index in [2.05, 4.69) is 43.9 Å². The van der Waals surface area contributed by atoms with Gasteiger partial charge < -0.3 is 0 Å². The van der Waals surface area contributed by atoms with E-state index in [9.17, 15) is 0 Å². The fourth-order valence-electron chi connectivity index (χ4n) is 0.709. The number of allylic oxidation sites excluding steroid dienone is 5. The van der Waals surface area contributed by atoms with Crippen molar-refractivity contribution in [2.45, 2.75) is 33.1 Å². The van der Waals surface area contributed by atoms with Crippen LogP contribution >= 0.6 is 0 Å². The molecule has 0 heteroatoms. The number of hydrogen-bond donors (Lipinski definition) is 0. The Kier molecular flexibility index (Phi) is 9.17. The van der Waals surface area contributed by atoms with E-state index in [-0.39, 0.29) is 0 Å². The van der Waals surface area contributed by atoms with E-state index >= 15 is 0 Å². The molecule has 0 aromatic heterocycles. The zero-order valence-electron chi connectivity index (χ0n) is 8.09. The Bertz CT molecular complexity index is 188. The second-order valence-corrected chi connectivity index (χ2v) is 2.48. The first kappa shape index (κ1) is 11.0. The quantitative estimate of drug-likeness (QED) is 0.423. The minimum absolute atomic E-state index is 0.977. The Morgan fingerprint density at radius 3 is 2.33 bits per heavy atom. The maximum atomic E-state index is 3.10. The summed E-state index contributed by atoms with van der Waals surface area (Å²) in [6.07, 6.45) is 15.7. The van der Waals surface area contributed by atoms with Gasteiger partial charge in [-0.3, -0.25) is 0 Å². The molecule has 0 N–H and O–H groups in total. The van der Waals surface area contributed by atoms with E-state index in [1.165, 1.54) is 0 Å². The molecule has 0 aliphatic rings. The molecule has 0 nitrogen and oxygen atoms in total. The predicted molar refractivity (Wildman–Crippen MR) is 56.1 cm³/mol. The molecule has 0 fully saturated rings. The van der Waals surface area contributed by atoms with Crippen molar-refractivity contribution in [3.63, 3.8) is 0 Å². The van der Waals surface area contributed by atoms with Gasteiger partial charge >= 0.3 is 0 Å². The zero-order chi connectivity index (χ0) is 9.07. The normalized spacial score (nSPS) is 10.5. The first-order valence-electron chi connectivity index (χ1n) is 4.62. The smallest absolute Gasteiger partial charge is 0.00899 e. The lowest BCUT2D eigenvalue weighted by atomic mass is 10.3. The van der Waals surface area contributed by atoms with Crippen LogP contribution < -0.4 is 0 Å². The summed E-state index contributed by atoms with van der Waals surface area (Å²) < 4.78 is 0. The molecule has 0 heterocycles. The van der Waals surface area contributed by atoms with E-state index < -0.39 is 0 Å². The van der Waals surface area contributed by atoms with Gasteiger partial charge in [-0.15, -0.1) is 5.73 Å². The van der Waals surface area contributed by atoms with Crippen molar-refractivity contribution >= 4 is 0 Å². The fourth-order valence-corrected chi connectivity index (χ4v) is 0.709. The van der Waals surface area contributed by atoms with Gasteiger partial charge in [0.05, 0.1) is 0 Å². The molecule has 66 valence electrons. The van der Waals surface area contributed by atoms with Crippen LogP contribution in [0.4, 0.5) is 0 Å². The first-order valence-corrected chi connectivity index (χ1v) is 4.62. The molecule has 0 rings (SSSR count). The minimum atomic E-state index is 0.977. The van der Waals surface area contributed by atoms with Crippen molar-refractivity contribution in [3.05, 3.63) is 42.2 Å². The van der Waals surface area contributed by atoms with Gasteiger partial charge in [-0.25, -0.2) is 0 Å². The molecule has 12 heavy (non-hydrogen) atoms. The minimum Gasteiger partial charge on any atom is -0.129 e. The van der Waals surface area contributed by atoms with E-state index in [4.69, 9.17) is 0 Å². The van der Waals surface area contributed by atoms with Gasteiger partial charge in [-0.05, 0) is 31.4 Å². The summed E-state index contributed by atoms with van der Waals surface area (Å²) in [6, 6.07) is 0. The largest absolute Gasteiger partial charge is 0.129 e. The molecule has 0 aromatic rings. The lowest BCUT2D eigenvalue weighted by Crippen LogP contribution is -1.56. The van der Waals surface area contributed by atoms with Crippen LogP contribution in [0.1, 0.15) is 33.1 Å². The van der Waals surface area contributed by atoms with Crippen molar-refractivity contribution in [1.29, 1.82) is 0 Å². The number of hydrogen-bond acceptors (Lipinski definition) is 0. The van der Waals surface area contributed by atoms with Crippen molar-refractivity contribution in [3.8, 4) is 0 Å². The molecule has 0 atom stereocenters. The highest BCUT2D eigenvalue weighted by atomic mass is 13.7. The van der Waals surface area contributed by atoms with Crippen molar-refractivity contribution in [2.75, 3.05) is 0 Å². The second-order valence-electron chi connectivity index (χ2n) is 2.48. The molecule has 0 spiro atoms. The van der Waals surface area contributed by atoms with Crippen LogP contribution in [0.2, 0.25) is 0 Å². The highest BCUT2D eigenvalue weighted by Gasteiger charge is 1.66. The van der Waals surface area contributed by atoms with Crippen LogP contribution in [-0.4, -0.2) is 0 Å². The molecule has 0 aromatic carbocycles. The molecular formula is C12H18. The van der Waals surface area contributed by atoms with E-state index in [1.54, 1.807) is 0 Å². The molecule has 0 aliphatic carbocycles. The summed E-state index contributed by atoms with van der Waals surface area (Å²) in [5, 5.41) is 0. The first-order chi connectivity index (χ1) is 5.91. The Morgan fingerprint density at radius 1 is 0.917 bits per heavy atom. The van der Waals surface area contributed by atoms with E-state index in [0.29, 0.717) is 0 Å². The molecule has 0 saturated heterocycles. The van der Waals surface area contributed by atoms with Crippen LogP contribution in [0.5, 0.6) is 0 Å². The zero-order valence-corrected chi connectivity index (χ0v) is 8.09. The van der Waals surface area contributed by atoms with Crippen LogP contribution in [0.3, 0.4) is 0 Å². The summed E-state index contributed by atoms with van der Waals surface area (Å²) in [5.74, 6) is 0. The van der Waals surface area contributed by atoms with E-state index in [0.717, 1.165) is 19.3 Å². The molecular weight excluding hydrogens is 144 g/mol. The average Bonchev–Trinajstić information content (AvgIpc) is 2.10. The topological polar surface area (TPSA) is 0 Å². The summed E-state index contributed by atoms with van der Waals surface area (Å²) in [4.78, 5) is 0. The van der Waals surface area contributed by atoms with Crippen LogP contribution in [0.15, 0.2) is 42.2 Å². The standard InChI is InChI=1S/C12H18/c1-3-5-7-9-11-12-10-8-6-4-2/h5-7,9-11H,3-4,12H2,1-2H3. The monoisotopic (exact) mass is 162 g/mol. The summed E-state index contributed by atoms with van der Waals surface area (Å²) in [7, 11) is 0. The summed E-state index contributed by atoms with van der Waals surface area (Å²) >= 11 is 0. The van der Waals surface area contributed by atoms with Crippen molar-refractivity contribution in [1.82, 2.24) is 0 Å². The van der Waals surface area contributed by atoms with E-state index in [1.807, 2.05) is 12.2 Å². The third-order valence-corrected chi connectivity index (χ3v) is 1.31. The van der Waals surface area contributed by atoms with Gasteiger partial charge in [0.2, 0.25) is 0 Å². The Hall–Kier alpha value is -1.00. The SMILES string of the molecule is CCC=C=CCC=CC=CCC. The predicted octanol–water partition coefficient (Wildman–Crippen LogP) is 4.02. The molecule has 0 amide bonds. The highest BCUT2D eigenvalue weighted by molar-refractivity contribution is 5.04. The number of rotatable bonds is 5. The van der Waals surface area contributed by atoms with Crippen LogP contribution in [0, 0.1) is 0 Å².